The topological polar surface area (TPSA) is 54.7 Å². The van der Waals surface area contributed by atoms with Gasteiger partial charge in [0.25, 0.3) is 0 Å². The van der Waals surface area contributed by atoms with E-state index in [-0.39, 0.29) is 0 Å². The van der Waals surface area contributed by atoms with Crippen LogP contribution in [0.4, 0.5) is 5.69 Å². The van der Waals surface area contributed by atoms with Crippen molar-refractivity contribution in [2.75, 3.05) is 5.73 Å². The highest BCUT2D eigenvalue weighted by Gasteiger charge is 2.10. The molecule has 3 aromatic rings. The van der Waals surface area contributed by atoms with Crippen LogP contribution >= 0.6 is 11.6 Å². The van der Waals surface area contributed by atoms with Crippen LogP contribution in [0.3, 0.4) is 0 Å². The van der Waals surface area contributed by atoms with Gasteiger partial charge in [0.05, 0.1) is 10.5 Å². The number of nitrogen functional groups attached to an aromatic ring is 1. The Kier molecular flexibility index (Phi) is 2.27. The summed E-state index contributed by atoms with van der Waals surface area (Å²) in [6.07, 6.45) is 0. The summed E-state index contributed by atoms with van der Waals surface area (Å²) in [7, 11) is 0. The van der Waals surface area contributed by atoms with Gasteiger partial charge >= 0.3 is 0 Å². The molecule has 17 heavy (non-hydrogen) atoms. The first-order valence-corrected chi connectivity index (χ1v) is 5.62. The molecule has 2 aromatic carbocycles. The molecule has 0 saturated carbocycles. The van der Waals surface area contributed by atoms with E-state index in [2.05, 4.69) is 10.2 Å². The smallest absolute Gasteiger partial charge is 0.101 e. The zero-order valence-electron chi connectivity index (χ0n) is 8.94. The molecular formula is C13H10ClN3. The number of nitrogens with one attached hydrogen (secondary N) is 1. The van der Waals surface area contributed by atoms with Crippen LogP contribution in [0, 0.1) is 0 Å². The van der Waals surface area contributed by atoms with Gasteiger partial charge in [-0.25, -0.2) is 0 Å². The summed E-state index contributed by atoms with van der Waals surface area (Å²) in [5.74, 6) is 0. The highest BCUT2D eigenvalue weighted by atomic mass is 35.5. The van der Waals surface area contributed by atoms with Crippen molar-refractivity contribution in [1.82, 2.24) is 10.2 Å². The molecule has 0 aliphatic heterocycles. The highest BCUT2D eigenvalue weighted by Crippen LogP contribution is 2.32. The predicted molar refractivity (Wildman–Crippen MR) is 71.0 cm³/mol. The lowest BCUT2D eigenvalue weighted by Gasteiger charge is -2.01. The van der Waals surface area contributed by atoms with E-state index in [0.29, 0.717) is 10.7 Å². The second-order valence-corrected chi connectivity index (χ2v) is 4.26. The fourth-order valence-corrected chi connectivity index (χ4v) is 2.12. The predicted octanol–water partition coefficient (Wildman–Crippen LogP) is 3.47. The number of H-pyrrole nitrogens is 1. The van der Waals surface area contributed by atoms with Crippen molar-refractivity contribution >= 4 is 28.2 Å². The van der Waals surface area contributed by atoms with Gasteiger partial charge < -0.3 is 5.73 Å². The molecule has 0 aliphatic carbocycles. The number of nitrogens with two attached hydrogens (primary N) is 1. The average Bonchev–Trinajstić information content (AvgIpc) is 2.72. The molecule has 0 bridgehead atoms. The highest BCUT2D eigenvalue weighted by molar-refractivity contribution is 6.33. The van der Waals surface area contributed by atoms with Crippen molar-refractivity contribution in [2.24, 2.45) is 0 Å². The van der Waals surface area contributed by atoms with Crippen molar-refractivity contribution in [3.8, 4) is 11.3 Å². The lowest BCUT2D eigenvalue weighted by atomic mass is 10.1. The van der Waals surface area contributed by atoms with E-state index in [9.17, 15) is 0 Å². The first-order valence-electron chi connectivity index (χ1n) is 5.24. The molecule has 84 valence electrons. The van der Waals surface area contributed by atoms with Crippen LogP contribution in [0.2, 0.25) is 5.02 Å². The van der Waals surface area contributed by atoms with Gasteiger partial charge in [-0.3, -0.25) is 5.10 Å². The molecule has 3 nitrogen and oxygen atoms in total. The fourth-order valence-electron chi connectivity index (χ4n) is 1.89. The third-order valence-corrected chi connectivity index (χ3v) is 3.05. The summed E-state index contributed by atoms with van der Waals surface area (Å²) in [5, 5.41) is 8.95. The SMILES string of the molecule is Nc1ccc2[nH]nc(-c3ccccc3Cl)c2c1. The van der Waals surface area contributed by atoms with Gasteiger partial charge in [-0.1, -0.05) is 29.8 Å². The first kappa shape index (κ1) is 10.2. The average molecular weight is 244 g/mol. The number of hydrogen-bond donors (Lipinski definition) is 2. The van der Waals surface area contributed by atoms with Crippen LogP contribution in [0.1, 0.15) is 0 Å². The Morgan fingerprint density at radius 3 is 2.76 bits per heavy atom. The van der Waals surface area contributed by atoms with Crippen molar-refractivity contribution in [2.45, 2.75) is 0 Å². The van der Waals surface area contributed by atoms with E-state index in [1.807, 2.05) is 42.5 Å². The summed E-state index contributed by atoms with van der Waals surface area (Å²) < 4.78 is 0. The van der Waals surface area contributed by atoms with Gasteiger partial charge in [0.1, 0.15) is 5.69 Å². The molecule has 0 saturated heterocycles. The Morgan fingerprint density at radius 2 is 1.94 bits per heavy atom. The van der Waals surface area contributed by atoms with Gasteiger partial charge in [-0.15, -0.1) is 0 Å². The van der Waals surface area contributed by atoms with E-state index in [1.54, 1.807) is 0 Å². The summed E-state index contributed by atoms with van der Waals surface area (Å²) >= 11 is 6.17. The van der Waals surface area contributed by atoms with Gasteiger partial charge in [0.2, 0.25) is 0 Å². The van der Waals surface area contributed by atoms with E-state index in [1.165, 1.54) is 0 Å². The van der Waals surface area contributed by atoms with Crippen LogP contribution in [-0.2, 0) is 0 Å². The van der Waals surface area contributed by atoms with Crippen LogP contribution in [0.25, 0.3) is 22.2 Å². The minimum Gasteiger partial charge on any atom is -0.399 e. The number of nitrogens with zero attached hydrogens (tertiary/aromatic N) is 1. The Labute approximate surface area is 103 Å². The van der Waals surface area contributed by atoms with Crippen LogP contribution < -0.4 is 5.73 Å². The second kappa shape index (κ2) is 3.79. The summed E-state index contributed by atoms with van der Waals surface area (Å²) in [6, 6.07) is 13.3. The molecule has 1 aromatic heterocycles. The Balaban J connectivity index is 2.31. The number of halogens is 1. The number of hydrogen-bond acceptors (Lipinski definition) is 2. The van der Waals surface area contributed by atoms with E-state index < -0.39 is 0 Å². The summed E-state index contributed by atoms with van der Waals surface area (Å²) in [5.41, 5.74) is 9.20. The van der Waals surface area contributed by atoms with Gasteiger partial charge in [0, 0.05) is 16.6 Å². The molecule has 0 radical (unpaired) electrons. The van der Waals surface area contributed by atoms with Crippen molar-refractivity contribution in [1.29, 1.82) is 0 Å². The Bertz CT molecular complexity index is 688. The molecule has 1 heterocycles. The van der Waals surface area contributed by atoms with Crippen molar-refractivity contribution in [3.63, 3.8) is 0 Å². The number of aromatic amines is 1. The standard InChI is InChI=1S/C13H10ClN3/c14-11-4-2-1-3-9(11)13-10-7-8(15)5-6-12(10)16-17-13/h1-7H,15H2,(H,16,17). The van der Waals surface area contributed by atoms with Crippen LogP contribution in [0.15, 0.2) is 42.5 Å². The molecule has 4 heteroatoms. The molecule has 0 fully saturated rings. The maximum Gasteiger partial charge on any atom is 0.101 e. The molecule has 3 N–H and O–H groups in total. The van der Waals surface area contributed by atoms with Gasteiger partial charge in [0.15, 0.2) is 0 Å². The van der Waals surface area contributed by atoms with Gasteiger partial charge in [-0.2, -0.15) is 5.10 Å². The van der Waals surface area contributed by atoms with Crippen molar-refractivity contribution in [3.05, 3.63) is 47.5 Å². The molecule has 0 aliphatic rings. The second-order valence-electron chi connectivity index (χ2n) is 3.86. The molecule has 3 rings (SSSR count). The number of aromatic nitrogens is 2. The summed E-state index contributed by atoms with van der Waals surface area (Å²) in [6.45, 7) is 0. The monoisotopic (exact) mass is 243 g/mol. The lowest BCUT2D eigenvalue weighted by Crippen LogP contribution is -1.84. The molecule has 0 amide bonds. The maximum atomic E-state index is 6.17. The number of fused-ring (bicyclic) bond motifs is 1. The molecule has 0 atom stereocenters. The minimum atomic E-state index is 0.684. The Hall–Kier alpha value is -2.00. The third kappa shape index (κ3) is 1.65. The number of rotatable bonds is 1. The summed E-state index contributed by atoms with van der Waals surface area (Å²) in [4.78, 5) is 0. The maximum absolute atomic E-state index is 6.17. The normalized spacial score (nSPS) is 10.9. The van der Waals surface area contributed by atoms with E-state index >= 15 is 0 Å². The largest absolute Gasteiger partial charge is 0.399 e. The van der Waals surface area contributed by atoms with Crippen LogP contribution in [0.5, 0.6) is 0 Å². The molecule has 0 spiro atoms. The van der Waals surface area contributed by atoms with Crippen LogP contribution in [-0.4, -0.2) is 10.2 Å². The first-order chi connectivity index (χ1) is 8.25. The number of benzene rings is 2. The fraction of sp³-hybridized carbons (Fsp3) is 0. The minimum absolute atomic E-state index is 0.684. The van der Waals surface area contributed by atoms with Gasteiger partial charge in [-0.05, 0) is 24.3 Å². The van der Waals surface area contributed by atoms with E-state index in [4.69, 9.17) is 17.3 Å². The van der Waals surface area contributed by atoms with Crippen molar-refractivity contribution < 1.29 is 0 Å². The lowest BCUT2D eigenvalue weighted by molar-refractivity contribution is 1.12. The Morgan fingerprint density at radius 1 is 1.12 bits per heavy atom. The third-order valence-electron chi connectivity index (χ3n) is 2.72. The zero-order chi connectivity index (χ0) is 11.8. The molecule has 0 unspecified atom stereocenters. The zero-order valence-corrected chi connectivity index (χ0v) is 9.70. The number of anilines is 1. The molecular weight excluding hydrogens is 234 g/mol. The van der Waals surface area contributed by atoms with E-state index in [0.717, 1.165) is 22.2 Å². The quantitative estimate of drug-likeness (QED) is 0.643.